The van der Waals surface area contributed by atoms with Crippen LogP contribution in [0.4, 0.5) is 16.2 Å². The highest BCUT2D eigenvalue weighted by Crippen LogP contribution is 2.35. The predicted molar refractivity (Wildman–Crippen MR) is 169 cm³/mol. The topological polar surface area (TPSA) is 114 Å². The van der Waals surface area contributed by atoms with Gasteiger partial charge < -0.3 is 20.1 Å². The summed E-state index contributed by atoms with van der Waals surface area (Å²) in [6.45, 7) is 7.70. The van der Waals surface area contributed by atoms with E-state index in [0.29, 0.717) is 29.4 Å². The Morgan fingerprint density at radius 3 is 2.35 bits per heavy atom. The van der Waals surface area contributed by atoms with E-state index in [1.54, 1.807) is 36.4 Å². The molecular formula is C33H35N3O6S. The minimum absolute atomic E-state index is 0.185. The SMILES string of the molecule is CCOc1cc(/C=C2/SC(=O)N(CC(=O)Nc3ccc(CC)cc3)C2=O)ccc1OCC(=O)Nc1ccccc1C(C)C. The molecule has 0 aromatic heterocycles. The molecule has 1 fully saturated rings. The summed E-state index contributed by atoms with van der Waals surface area (Å²) in [5.74, 6) is -0.331. The highest BCUT2D eigenvalue weighted by molar-refractivity contribution is 8.18. The van der Waals surface area contributed by atoms with Crippen LogP contribution in [-0.4, -0.2) is 47.6 Å². The predicted octanol–water partition coefficient (Wildman–Crippen LogP) is 6.46. The summed E-state index contributed by atoms with van der Waals surface area (Å²) in [6, 6.07) is 20.0. The third-order valence-corrected chi connectivity index (χ3v) is 7.51. The van der Waals surface area contributed by atoms with E-state index in [2.05, 4.69) is 24.5 Å². The van der Waals surface area contributed by atoms with E-state index in [4.69, 9.17) is 9.47 Å². The van der Waals surface area contributed by atoms with Crippen molar-refractivity contribution < 1.29 is 28.7 Å². The summed E-state index contributed by atoms with van der Waals surface area (Å²) in [6.07, 6.45) is 2.44. The number of anilines is 2. The largest absolute Gasteiger partial charge is 0.490 e. The van der Waals surface area contributed by atoms with Gasteiger partial charge in [0.25, 0.3) is 17.1 Å². The van der Waals surface area contributed by atoms with Crippen LogP contribution in [0.15, 0.2) is 71.6 Å². The Balaban J connectivity index is 1.40. The first-order valence-electron chi connectivity index (χ1n) is 14.1. The average Bonchev–Trinajstić information content (AvgIpc) is 3.24. The lowest BCUT2D eigenvalue weighted by molar-refractivity contribution is -0.127. The zero-order valence-electron chi connectivity index (χ0n) is 24.6. The Labute approximate surface area is 255 Å². The van der Waals surface area contributed by atoms with E-state index in [0.717, 1.165) is 39.9 Å². The molecule has 0 atom stereocenters. The molecule has 4 amide bonds. The van der Waals surface area contributed by atoms with E-state index in [-0.39, 0.29) is 23.3 Å². The third kappa shape index (κ3) is 8.26. The molecule has 0 bridgehead atoms. The van der Waals surface area contributed by atoms with Crippen molar-refractivity contribution in [2.45, 2.75) is 40.0 Å². The maximum absolute atomic E-state index is 13.0. The fourth-order valence-electron chi connectivity index (χ4n) is 4.40. The smallest absolute Gasteiger partial charge is 0.294 e. The van der Waals surface area contributed by atoms with Gasteiger partial charge in [-0.3, -0.25) is 24.1 Å². The summed E-state index contributed by atoms with van der Waals surface area (Å²) in [5, 5.41) is 5.09. The number of benzene rings is 3. The van der Waals surface area contributed by atoms with Crippen molar-refractivity contribution in [3.8, 4) is 11.5 Å². The van der Waals surface area contributed by atoms with Gasteiger partial charge >= 0.3 is 0 Å². The highest BCUT2D eigenvalue weighted by atomic mass is 32.2. The fourth-order valence-corrected chi connectivity index (χ4v) is 5.24. The van der Waals surface area contributed by atoms with Gasteiger partial charge in [0.05, 0.1) is 11.5 Å². The van der Waals surface area contributed by atoms with E-state index >= 15 is 0 Å². The first kappa shape index (κ1) is 31.4. The van der Waals surface area contributed by atoms with Crippen LogP contribution in [0.2, 0.25) is 0 Å². The van der Waals surface area contributed by atoms with Gasteiger partial charge in [0.1, 0.15) is 6.54 Å². The maximum Gasteiger partial charge on any atom is 0.294 e. The number of hydrogen-bond acceptors (Lipinski definition) is 7. The molecule has 1 aliphatic rings. The average molecular weight is 602 g/mol. The second-order valence-corrected chi connectivity index (χ2v) is 11.1. The number of nitrogens with zero attached hydrogens (tertiary/aromatic N) is 1. The number of amides is 4. The molecule has 3 aromatic carbocycles. The molecule has 1 aliphatic heterocycles. The molecule has 3 aromatic rings. The van der Waals surface area contributed by atoms with E-state index in [1.807, 2.05) is 50.2 Å². The summed E-state index contributed by atoms with van der Waals surface area (Å²) in [7, 11) is 0. The Morgan fingerprint density at radius 1 is 0.907 bits per heavy atom. The van der Waals surface area contributed by atoms with Crippen LogP contribution in [0, 0.1) is 0 Å². The minimum Gasteiger partial charge on any atom is -0.490 e. The number of para-hydroxylation sites is 1. The number of ether oxygens (including phenoxy) is 2. The highest BCUT2D eigenvalue weighted by Gasteiger charge is 2.36. The van der Waals surface area contributed by atoms with Crippen molar-refractivity contribution in [1.29, 1.82) is 0 Å². The van der Waals surface area contributed by atoms with Gasteiger partial charge in [-0.1, -0.05) is 57.2 Å². The lowest BCUT2D eigenvalue weighted by atomic mass is 10.0. The van der Waals surface area contributed by atoms with Crippen LogP contribution in [0.1, 0.15) is 50.3 Å². The molecule has 0 spiro atoms. The van der Waals surface area contributed by atoms with Gasteiger partial charge in [-0.05, 0) is 84.1 Å². The first-order chi connectivity index (χ1) is 20.7. The van der Waals surface area contributed by atoms with Crippen LogP contribution in [0.3, 0.4) is 0 Å². The molecule has 0 unspecified atom stereocenters. The van der Waals surface area contributed by atoms with Gasteiger partial charge in [0, 0.05) is 11.4 Å². The molecule has 1 heterocycles. The number of carbonyl (C=O) groups excluding carboxylic acids is 4. The number of aryl methyl sites for hydroxylation is 1. The molecule has 43 heavy (non-hydrogen) atoms. The van der Waals surface area contributed by atoms with Crippen LogP contribution < -0.4 is 20.1 Å². The van der Waals surface area contributed by atoms with Crippen LogP contribution >= 0.6 is 11.8 Å². The molecular weight excluding hydrogens is 566 g/mol. The second kappa shape index (κ2) is 14.6. The number of imide groups is 1. The van der Waals surface area contributed by atoms with Crippen molar-refractivity contribution in [2.75, 3.05) is 30.4 Å². The van der Waals surface area contributed by atoms with Crippen molar-refractivity contribution in [2.24, 2.45) is 0 Å². The summed E-state index contributed by atoms with van der Waals surface area (Å²) in [5.41, 5.74) is 4.09. The Kier molecular flexibility index (Phi) is 10.6. The molecule has 0 radical (unpaired) electrons. The number of rotatable bonds is 12. The zero-order valence-corrected chi connectivity index (χ0v) is 25.5. The minimum atomic E-state index is -0.553. The molecule has 0 aliphatic carbocycles. The van der Waals surface area contributed by atoms with Crippen molar-refractivity contribution in [3.05, 3.63) is 88.3 Å². The zero-order chi connectivity index (χ0) is 30.9. The maximum atomic E-state index is 13.0. The Hall–Kier alpha value is -4.57. The number of carbonyl (C=O) groups is 4. The van der Waals surface area contributed by atoms with E-state index < -0.39 is 23.6 Å². The second-order valence-electron chi connectivity index (χ2n) is 10.1. The van der Waals surface area contributed by atoms with Crippen molar-refractivity contribution >= 4 is 52.2 Å². The van der Waals surface area contributed by atoms with Crippen LogP contribution in [0.25, 0.3) is 6.08 Å². The molecule has 1 saturated heterocycles. The molecule has 10 heteroatoms. The van der Waals surface area contributed by atoms with Gasteiger partial charge in [-0.25, -0.2) is 0 Å². The van der Waals surface area contributed by atoms with Gasteiger partial charge in [0.2, 0.25) is 5.91 Å². The monoisotopic (exact) mass is 601 g/mol. The van der Waals surface area contributed by atoms with Crippen molar-refractivity contribution in [3.63, 3.8) is 0 Å². The molecule has 9 nitrogen and oxygen atoms in total. The lowest BCUT2D eigenvalue weighted by Crippen LogP contribution is -2.36. The van der Waals surface area contributed by atoms with Crippen LogP contribution in [-0.2, 0) is 20.8 Å². The molecule has 224 valence electrons. The van der Waals surface area contributed by atoms with E-state index in [1.165, 1.54) is 0 Å². The summed E-state index contributed by atoms with van der Waals surface area (Å²) in [4.78, 5) is 51.9. The Bertz CT molecular complexity index is 1530. The molecule has 4 rings (SSSR count). The number of hydrogen-bond donors (Lipinski definition) is 2. The number of nitrogens with one attached hydrogen (secondary N) is 2. The van der Waals surface area contributed by atoms with Crippen molar-refractivity contribution in [1.82, 2.24) is 4.90 Å². The van der Waals surface area contributed by atoms with Gasteiger partial charge in [-0.15, -0.1) is 0 Å². The van der Waals surface area contributed by atoms with Crippen LogP contribution in [0.5, 0.6) is 11.5 Å². The first-order valence-corrected chi connectivity index (χ1v) is 14.9. The standard InChI is InChI=1S/C33H35N3O6S/c1-5-22-11-14-24(15-12-22)34-30(37)19-36-32(39)29(43-33(36)40)18-23-13-16-27(28(17-23)41-6-2)42-20-31(38)35-26-10-8-7-9-25(26)21(3)4/h7-18,21H,5-6,19-20H2,1-4H3,(H,34,37)(H,35,38)/b29-18+. The number of thioether (sulfide) groups is 1. The van der Waals surface area contributed by atoms with Gasteiger partial charge in [-0.2, -0.15) is 0 Å². The summed E-state index contributed by atoms with van der Waals surface area (Å²) >= 11 is 0.765. The Morgan fingerprint density at radius 2 is 1.65 bits per heavy atom. The normalized spacial score (nSPS) is 13.9. The lowest BCUT2D eigenvalue weighted by Gasteiger charge is -2.15. The molecule has 0 saturated carbocycles. The fraction of sp³-hybridized carbons (Fsp3) is 0.273. The summed E-state index contributed by atoms with van der Waals surface area (Å²) < 4.78 is 11.5. The third-order valence-electron chi connectivity index (χ3n) is 6.60. The molecule has 2 N–H and O–H groups in total. The van der Waals surface area contributed by atoms with E-state index in [9.17, 15) is 19.2 Å². The van der Waals surface area contributed by atoms with Gasteiger partial charge in [0.15, 0.2) is 18.1 Å². The quantitative estimate of drug-likeness (QED) is 0.229.